The van der Waals surface area contributed by atoms with Gasteiger partial charge in [0.2, 0.25) is 5.01 Å². The standard InChI is InChI=1S/C11H7F2NO4S2/c12-8-2-1-7(3-9(8)13)20(17,18)5-6-4-19-10(14-6)11(15)16/h1-4H,5H2,(H,15,16). The van der Waals surface area contributed by atoms with Crippen LogP contribution in [0.5, 0.6) is 0 Å². The zero-order valence-corrected chi connectivity index (χ0v) is 11.3. The van der Waals surface area contributed by atoms with Crippen LogP contribution in [0, 0.1) is 11.6 Å². The number of carbonyl (C=O) groups is 1. The summed E-state index contributed by atoms with van der Waals surface area (Å²) in [7, 11) is -3.92. The van der Waals surface area contributed by atoms with Gasteiger partial charge in [0.05, 0.1) is 16.3 Å². The Balaban J connectivity index is 2.30. The van der Waals surface area contributed by atoms with Gasteiger partial charge in [0, 0.05) is 5.38 Å². The minimum Gasteiger partial charge on any atom is -0.476 e. The van der Waals surface area contributed by atoms with Crippen LogP contribution in [0.3, 0.4) is 0 Å². The lowest BCUT2D eigenvalue weighted by Gasteiger charge is -2.03. The highest BCUT2D eigenvalue weighted by Gasteiger charge is 2.20. The van der Waals surface area contributed by atoms with Crippen molar-refractivity contribution in [1.29, 1.82) is 0 Å². The van der Waals surface area contributed by atoms with Crippen molar-refractivity contribution in [2.24, 2.45) is 0 Å². The first-order chi connectivity index (χ1) is 9.29. The van der Waals surface area contributed by atoms with E-state index in [1.165, 1.54) is 5.38 Å². The summed E-state index contributed by atoms with van der Waals surface area (Å²) < 4.78 is 49.7. The second-order valence-corrected chi connectivity index (χ2v) is 6.63. The van der Waals surface area contributed by atoms with E-state index in [1.807, 2.05) is 0 Å². The molecule has 9 heteroatoms. The lowest BCUT2D eigenvalue weighted by molar-refractivity contribution is 0.0696. The summed E-state index contributed by atoms with van der Waals surface area (Å²) in [6.07, 6.45) is 0. The summed E-state index contributed by atoms with van der Waals surface area (Å²) >= 11 is 0.790. The van der Waals surface area contributed by atoms with Crippen LogP contribution in [0.15, 0.2) is 28.5 Å². The minimum atomic E-state index is -3.92. The molecule has 0 spiro atoms. The molecular formula is C11H7F2NO4S2. The van der Waals surface area contributed by atoms with Gasteiger partial charge in [-0.15, -0.1) is 11.3 Å². The van der Waals surface area contributed by atoms with Crippen molar-refractivity contribution in [3.05, 3.63) is 45.9 Å². The number of carboxylic acid groups (broad SMARTS) is 1. The fraction of sp³-hybridized carbons (Fsp3) is 0.0909. The Hall–Kier alpha value is -1.87. The van der Waals surface area contributed by atoms with Gasteiger partial charge in [-0.05, 0) is 18.2 Å². The molecule has 0 saturated heterocycles. The van der Waals surface area contributed by atoms with Gasteiger partial charge < -0.3 is 5.11 Å². The van der Waals surface area contributed by atoms with Gasteiger partial charge in [-0.25, -0.2) is 27.0 Å². The number of thiazole rings is 1. The molecule has 1 N–H and O–H groups in total. The Morgan fingerprint density at radius 3 is 2.55 bits per heavy atom. The fourth-order valence-corrected chi connectivity index (χ4v) is 3.44. The van der Waals surface area contributed by atoms with Crippen LogP contribution in [-0.2, 0) is 15.6 Å². The molecule has 1 aromatic carbocycles. The number of hydrogen-bond acceptors (Lipinski definition) is 5. The molecule has 0 saturated carbocycles. The van der Waals surface area contributed by atoms with Gasteiger partial charge in [0.25, 0.3) is 0 Å². The van der Waals surface area contributed by atoms with Crippen molar-refractivity contribution >= 4 is 27.1 Å². The molecule has 5 nitrogen and oxygen atoms in total. The summed E-state index contributed by atoms with van der Waals surface area (Å²) in [5, 5.41) is 9.74. The lowest BCUT2D eigenvalue weighted by Crippen LogP contribution is -2.07. The van der Waals surface area contributed by atoms with Crippen molar-refractivity contribution in [3.63, 3.8) is 0 Å². The Morgan fingerprint density at radius 1 is 1.30 bits per heavy atom. The Morgan fingerprint density at radius 2 is 2.00 bits per heavy atom. The van der Waals surface area contributed by atoms with Gasteiger partial charge in [0.15, 0.2) is 21.5 Å². The number of rotatable bonds is 4. The molecule has 2 rings (SSSR count). The molecule has 0 fully saturated rings. The average molecular weight is 319 g/mol. The zero-order valence-electron chi connectivity index (χ0n) is 9.71. The van der Waals surface area contributed by atoms with Crippen LogP contribution < -0.4 is 0 Å². The molecule has 0 aliphatic heterocycles. The second kappa shape index (κ2) is 5.25. The maximum Gasteiger partial charge on any atom is 0.365 e. The van der Waals surface area contributed by atoms with Crippen LogP contribution in [0.25, 0.3) is 0 Å². The van der Waals surface area contributed by atoms with Gasteiger partial charge in [0.1, 0.15) is 0 Å². The molecule has 0 aliphatic carbocycles. The Labute approximate surface area is 116 Å². The van der Waals surface area contributed by atoms with E-state index in [4.69, 9.17) is 5.11 Å². The normalized spacial score (nSPS) is 11.5. The van der Waals surface area contributed by atoms with Gasteiger partial charge in [-0.1, -0.05) is 0 Å². The van der Waals surface area contributed by atoms with E-state index in [9.17, 15) is 22.0 Å². The highest BCUT2D eigenvalue weighted by Crippen LogP contribution is 2.20. The van der Waals surface area contributed by atoms with Crippen LogP contribution in [-0.4, -0.2) is 24.5 Å². The van der Waals surface area contributed by atoms with E-state index in [-0.39, 0.29) is 15.6 Å². The summed E-state index contributed by atoms with van der Waals surface area (Å²) in [5.41, 5.74) is 0.0390. The molecule has 0 unspecified atom stereocenters. The van der Waals surface area contributed by atoms with Crippen molar-refractivity contribution in [1.82, 2.24) is 4.98 Å². The first kappa shape index (κ1) is 14.5. The zero-order chi connectivity index (χ0) is 14.9. The van der Waals surface area contributed by atoms with Crippen LogP contribution in [0.4, 0.5) is 8.78 Å². The molecule has 20 heavy (non-hydrogen) atoms. The number of nitrogens with zero attached hydrogens (tertiary/aromatic N) is 1. The summed E-state index contributed by atoms with van der Waals surface area (Å²) in [6, 6.07) is 2.24. The van der Waals surface area contributed by atoms with E-state index in [2.05, 4.69) is 4.98 Å². The van der Waals surface area contributed by atoms with Crippen molar-refractivity contribution in [3.8, 4) is 0 Å². The first-order valence-electron chi connectivity index (χ1n) is 5.15. The molecule has 1 aromatic heterocycles. The smallest absolute Gasteiger partial charge is 0.365 e. The van der Waals surface area contributed by atoms with E-state index in [0.717, 1.165) is 17.4 Å². The topological polar surface area (TPSA) is 84.3 Å². The second-order valence-electron chi connectivity index (χ2n) is 3.78. The first-order valence-corrected chi connectivity index (χ1v) is 7.68. The third-order valence-corrected chi connectivity index (χ3v) is 4.85. The SMILES string of the molecule is O=C(O)c1nc(CS(=O)(=O)c2ccc(F)c(F)c2)cs1. The Kier molecular flexibility index (Phi) is 3.82. The lowest BCUT2D eigenvalue weighted by atomic mass is 10.3. The van der Waals surface area contributed by atoms with E-state index >= 15 is 0 Å². The number of benzene rings is 1. The summed E-state index contributed by atoms with van der Waals surface area (Å²) in [5.74, 6) is -4.25. The Bertz CT molecular complexity index is 770. The highest BCUT2D eigenvalue weighted by molar-refractivity contribution is 7.90. The fourth-order valence-electron chi connectivity index (χ4n) is 1.42. The third kappa shape index (κ3) is 2.99. The van der Waals surface area contributed by atoms with Gasteiger partial charge in [-0.3, -0.25) is 0 Å². The molecule has 106 valence electrons. The number of sulfone groups is 1. The van der Waals surface area contributed by atoms with Gasteiger partial charge in [-0.2, -0.15) is 0 Å². The predicted molar refractivity (Wildman–Crippen MR) is 66.3 cm³/mol. The number of aromatic carboxylic acids is 1. The molecule has 0 radical (unpaired) electrons. The largest absolute Gasteiger partial charge is 0.476 e. The maximum atomic E-state index is 13.0. The summed E-state index contributed by atoms with van der Waals surface area (Å²) in [4.78, 5) is 13.9. The monoisotopic (exact) mass is 319 g/mol. The average Bonchev–Trinajstić information content (AvgIpc) is 2.80. The van der Waals surface area contributed by atoms with E-state index < -0.39 is 33.2 Å². The van der Waals surface area contributed by atoms with Crippen LogP contribution >= 0.6 is 11.3 Å². The van der Waals surface area contributed by atoms with Crippen LogP contribution in [0.2, 0.25) is 0 Å². The van der Waals surface area contributed by atoms with Crippen LogP contribution in [0.1, 0.15) is 15.5 Å². The van der Waals surface area contributed by atoms with Gasteiger partial charge >= 0.3 is 5.97 Å². The molecule has 2 aromatic rings. The quantitative estimate of drug-likeness (QED) is 0.872. The predicted octanol–water partition coefficient (Wildman–Crippen LogP) is 2.09. The van der Waals surface area contributed by atoms with E-state index in [1.54, 1.807) is 0 Å². The van der Waals surface area contributed by atoms with Crippen molar-refractivity contribution in [2.45, 2.75) is 10.6 Å². The molecule has 0 bridgehead atoms. The molecule has 0 aliphatic rings. The minimum absolute atomic E-state index is 0.0390. The molecular weight excluding hydrogens is 312 g/mol. The number of carboxylic acids is 1. The molecule has 0 atom stereocenters. The van der Waals surface area contributed by atoms with Crippen molar-refractivity contribution in [2.75, 3.05) is 0 Å². The summed E-state index contributed by atoms with van der Waals surface area (Å²) in [6.45, 7) is 0. The van der Waals surface area contributed by atoms with E-state index in [0.29, 0.717) is 12.1 Å². The molecule has 0 amide bonds. The number of hydrogen-bond donors (Lipinski definition) is 1. The van der Waals surface area contributed by atoms with Crippen molar-refractivity contribution < 1.29 is 27.1 Å². The highest BCUT2D eigenvalue weighted by atomic mass is 32.2. The maximum absolute atomic E-state index is 13.0. The third-order valence-electron chi connectivity index (χ3n) is 2.32. The molecule has 1 heterocycles. The number of halogens is 2. The number of aromatic nitrogens is 1.